The van der Waals surface area contributed by atoms with Gasteiger partial charge in [-0.25, -0.2) is 0 Å². The second kappa shape index (κ2) is 11.4. The maximum Gasteiger partial charge on any atom is 0.308 e. The Labute approximate surface area is 227 Å². The number of carbonyl (C=O) groups excluding carboxylic acids is 5. The van der Waals surface area contributed by atoms with Gasteiger partial charge in [0.15, 0.2) is 0 Å². The van der Waals surface area contributed by atoms with Crippen LogP contribution in [-0.2, 0) is 4.79 Å². The number of hydrogen-bond acceptors (Lipinski definition) is 6. The normalized spacial score (nSPS) is 18.2. The first-order valence-electron chi connectivity index (χ1n) is 13.7. The molecule has 2 aromatic carbocycles. The van der Waals surface area contributed by atoms with Crippen molar-refractivity contribution in [2.75, 3.05) is 19.6 Å². The second-order valence-electron chi connectivity index (χ2n) is 10.6. The molecule has 0 unspecified atom stereocenters. The van der Waals surface area contributed by atoms with Crippen molar-refractivity contribution in [3.05, 3.63) is 64.7 Å². The number of fused-ring (bicyclic) bond motifs is 1. The number of nitrogens with zero attached hydrogens (tertiary/aromatic N) is 2. The highest BCUT2D eigenvalue weighted by atomic mass is 16.5. The summed E-state index contributed by atoms with van der Waals surface area (Å²) in [5.41, 5.74) is 1.54. The summed E-state index contributed by atoms with van der Waals surface area (Å²) in [5.74, 6) is -0.846. The van der Waals surface area contributed by atoms with E-state index in [9.17, 15) is 24.0 Å². The molecule has 1 aliphatic carbocycles. The predicted octanol–water partition coefficient (Wildman–Crippen LogP) is 3.82. The topological polar surface area (TPSA) is 113 Å². The lowest BCUT2D eigenvalue weighted by molar-refractivity contribution is -0.131. The summed E-state index contributed by atoms with van der Waals surface area (Å²) in [6.45, 7) is 2.87. The molecule has 1 saturated carbocycles. The smallest absolute Gasteiger partial charge is 0.308 e. The summed E-state index contributed by atoms with van der Waals surface area (Å²) < 4.78 is 5.04. The number of rotatable bonds is 6. The lowest BCUT2D eigenvalue weighted by Gasteiger charge is -2.32. The van der Waals surface area contributed by atoms with E-state index in [1.54, 1.807) is 41.3 Å². The number of ether oxygens (including phenoxy) is 1. The molecule has 0 aromatic heterocycles. The molecule has 3 aliphatic rings. The minimum Gasteiger partial charge on any atom is -0.427 e. The zero-order valence-corrected chi connectivity index (χ0v) is 22.1. The van der Waals surface area contributed by atoms with Crippen LogP contribution in [0.15, 0.2) is 42.5 Å². The highest BCUT2D eigenvalue weighted by Gasteiger charge is 2.40. The van der Waals surface area contributed by atoms with Crippen molar-refractivity contribution in [2.24, 2.45) is 5.92 Å². The van der Waals surface area contributed by atoms with Gasteiger partial charge in [0.25, 0.3) is 23.6 Å². The van der Waals surface area contributed by atoms with Gasteiger partial charge in [-0.05, 0) is 68.0 Å². The van der Waals surface area contributed by atoms with Crippen LogP contribution in [-0.4, -0.2) is 65.1 Å². The number of esters is 1. The van der Waals surface area contributed by atoms with Gasteiger partial charge in [0.1, 0.15) is 5.75 Å². The van der Waals surface area contributed by atoms with Crippen LogP contribution in [0.4, 0.5) is 0 Å². The Morgan fingerprint density at radius 2 is 1.59 bits per heavy atom. The van der Waals surface area contributed by atoms with Gasteiger partial charge >= 0.3 is 5.97 Å². The Kier molecular flexibility index (Phi) is 7.77. The third kappa shape index (κ3) is 5.72. The van der Waals surface area contributed by atoms with Crippen LogP contribution in [0.1, 0.15) is 93.3 Å². The van der Waals surface area contributed by atoms with E-state index in [0.717, 1.165) is 44.9 Å². The lowest BCUT2D eigenvalue weighted by Crippen LogP contribution is -2.41. The molecule has 0 atom stereocenters. The van der Waals surface area contributed by atoms with E-state index < -0.39 is 5.97 Å². The van der Waals surface area contributed by atoms with Crippen LogP contribution < -0.4 is 10.1 Å². The van der Waals surface area contributed by atoms with Gasteiger partial charge in [-0.15, -0.1) is 0 Å². The van der Waals surface area contributed by atoms with Crippen molar-refractivity contribution in [3.8, 4) is 5.75 Å². The third-order valence-electron chi connectivity index (χ3n) is 7.92. The average molecular weight is 532 g/mol. The largest absolute Gasteiger partial charge is 0.427 e. The van der Waals surface area contributed by atoms with Gasteiger partial charge in [-0.3, -0.25) is 28.9 Å². The van der Waals surface area contributed by atoms with E-state index in [-0.39, 0.29) is 35.6 Å². The van der Waals surface area contributed by atoms with Gasteiger partial charge in [0.05, 0.1) is 11.1 Å². The Hall–Kier alpha value is -4.01. The highest BCUT2D eigenvalue weighted by molar-refractivity contribution is 6.22. The molecule has 204 valence electrons. The van der Waals surface area contributed by atoms with E-state index in [4.69, 9.17) is 4.74 Å². The zero-order chi connectivity index (χ0) is 27.5. The monoisotopic (exact) mass is 531 g/mol. The maximum absolute atomic E-state index is 13.2. The molecule has 9 heteroatoms. The number of benzene rings is 2. The summed E-state index contributed by atoms with van der Waals surface area (Å²) in [4.78, 5) is 66.2. The fourth-order valence-corrected chi connectivity index (χ4v) is 5.79. The molecule has 4 amide bonds. The minimum atomic E-state index is -0.449. The van der Waals surface area contributed by atoms with Crippen molar-refractivity contribution in [2.45, 2.75) is 57.9 Å². The van der Waals surface area contributed by atoms with Crippen molar-refractivity contribution in [1.82, 2.24) is 15.1 Å². The first-order valence-corrected chi connectivity index (χ1v) is 13.7. The highest BCUT2D eigenvalue weighted by Crippen LogP contribution is 2.32. The van der Waals surface area contributed by atoms with Crippen molar-refractivity contribution < 1.29 is 28.7 Å². The number of likely N-dealkylation sites (tertiary alicyclic amines) is 1. The van der Waals surface area contributed by atoms with Gasteiger partial charge in [0.2, 0.25) is 0 Å². The Balaban J connectivity index is 1.15. The molecule has 39 heavy (non-hydrogen) atoms. The van der Waals surface area contributed by atoms with Crippen LogP contribution in [0, 0.1) is 5.92 Å². The molecule has 0 spiro atoms. The van der Waals surface area contributed by atoms with Gasteiger partial charge in [-0.2, -0.15) is 0 Å². The van der Waals surface area contributed by atoms with Crippen LogP contribution in [0.3, 0.4) is 0 Å². The van der Waals surface area contributed by atoms with Crippen molar-refractivity contribution in [1.29, 1.82) is 0 Å². The van der Waals surface area contributed by atoms with E-state index >= 15 is 0 Å². The molecular formula is C30H33N3O6. The SMILES string of the molecule is CC(=O)Oc1cccc(C(=O)NCC2CCN(C(=O)c3ccc4c(c3)C(=O)N(C3CCCCC3)C4=O)CC2)c1. The summed E-state index contributed by atoms with van der Waals surface area (Å²) >= 11 is 0. The number of piperidine rings is 1. The fourth-order valence-electron chi connectivity index (χ4n) is 5.79. The fraction of sp³-hybridized carbons (Fsp3) is 0.433. The molecular weight excluding hydrogens is 498 g/mol. The van der Waals surface area contributed by atoms with Crippen molar-refractivity contribution >= 4 is 29.6 Å². The third-order valence-corrected chi connectivity index (χ3v) is 7.92. The van der Waals surface area contributed by atoms with E-state index in [1.807, 2.05) is 0 Å². The number of amides is 4. The Bertz CT molecular complexity index is 1310. The summed E-state index contributed by atoms with van der Waals surface area (Å²) in [5, 5.41) is 2.94. The van der Waals surface area contributed by atoms with Crippen LogP contribution >= 0.6 is 0 Å². The second-order valence-corrected chi connectivity index (χ2v) is 10.6. The molecule has 1 saturated heterocycles. The number of carbonyl (C=O) groups is 5. The molecule has 0 bridgehead atoms. The van der Waals surface area contributed by atoms with Gasteiger partial charge in [0, 0.05) is 43.7 Å². The number of nitrogens with one attached hydrogen (secondary N) is 1. The molecule has 5 rings (SSSR count). The van der Waals surface area contributed by atoms with E-state index in [1.165, 1.54) is 17.9 Å². The van der Waals surface area contributed by atoms with Crippen LogP contribution in [0.5, 0.6) is 5.75 Å². The quantitative estimate of drug-likeness (QED) is 0.345. The summed E-state index contributed by atoms with van der Waals surface area (Å²) in [6, 6.07) is 11.3. The lowest BCUT2D eigenvalue weighted by atomic mass is 9.94. The summed E-state index contributed by atoms with van der Waals surface area (Å²) in [7, 11) is 0. The first-order chi connectivity index (χ1) is 18.8. The first kappa shape index (κ1) is 26.6. The van der Waals surface area contributed by atoms with Gasteiger partial charge < -0.3 is 15.0 Å². The Morgan fingerprint density at radius 1 is 0.872 bits per heavy atom. The number of imide groups is 1. The van der Waals surface area contributed by atoms with Crippen LogP contribution in [0.2, 0.25) is 0 Å². The summed E-state index contributed by atoms with van der Waals surface area (Å²) in [6.07, 6.45) is 6.32. The number of hydrogen-bond donors (Lipinski definition) is 1. The Morgan fingerprint density at radius 3 is 2.31 bits per heavy atom. The van der Waals surface area contributed by atoms with E-state index in [0.29, 0.717) is 47.6 Å². The molecule has 1 N–H and O–H groups in total. The average Bonchev–Trinajstić information content (AvgIpc) is 3.20. The molecule has 9 nitrogen and oxygen atoms in total. The molecule has 2 aromatic rings. The maximum atomic E-state index is 13.2. The zero-order valence-electron chi connectivity index (χ0n) is 22.1. The van der Waals surface area contributed by atoms with E-state index in [2.05, 4.69) is 5.32 Å². The standard InChI is InChI=1S/C30H33N3O6/c1-19(34)39-24-9-5-6-21(16-24)27(35)31-18-20-12-14-32(15-13-20)28(36)22-10-11-25-26(17-22)30(38)33(29(25)37)23-7-3-2-4-8-23/h5-6,9-11,16-17,20,23H,2-4,7-8,12-15,18H2,1H3,(H,31,35). The molecule has 2 heterocycles. The van der Waals surface area contributed by atoms with Crippen molar-refractivity contribution in [3.63, 3.8) is 0 Å². The minimum absolute atomic E-state index is 0.0531. The molecule has 2 fully saturated rings. The predicted molar refractivity (Wildman–Crippen MR) is 143 cm³/mol. The molecule has 2 aliphatic heterocycles. The van der Waals surface area contributed by atoms with Crippen LogP contribution in [0.25, 0.3) is 0 Å². The molecule has 0 radical (unpaired) electrons. The van der Waals surface area contributed by atoms with Gasteiger partial charge in [-0.1, -0.05) is 25.3 Å².